The van der Waals surface area contributed by atoms with Crippen LogP contribution in [0, 0.1) is 13.8 Å². The summed E-state index contributed by atoms with van der Waals surface area (Å²) >= 11 is 0. The molecule has 3 aromatic heterocycles. The number of fused-ring (bicyclic) bond motifs is 8. The van der Waals surface area contributed by atoms with E-state index < -0.39 is 11.9 Å². The maximum Gasteiger partial charge on any atom is 0.303 e. The molecule has 0 unspecified atom stereocenters. The Hall–Kier alpha value is -4.46. The molecule has 0 spiro atoms. The predicted octanol–water partition coefficient (Wildman–Crippen LogP) is 7.66. The molecule has 5 heterocycles. The maximum absolute atomic E-state index is 11.6. The molecular weight excluding hydrogens is 540 g/mol. The average Bonchev–Trinajstić information content (AvgIpc) is 3.59. The van der Waals surface area contributed by atoms with Gasteiger partial charge in [-0.1, -0.05) is 13.8 Å². The van der Waals surface area contributed by atoms with Crippen LogP contribution in [-0.4, -0.2) is 41.7 Å². The van der Waals surface area contributed by atoms with Crippen molar-refractivity contribution in [2.45, 2.75) is 80.1 Å². The lowest BCUT2D eigenvalue weighted by Gasteiger charge is -2.04. The van der Waals surface area contributed by atoms with Crippen molar-refractivity contribution in [1.29, 1.82) is 0 Å². The molecule has 0 saturated carbocycles. The molecule has 2 aliphatic rings. The lowest BCUT2D eigenvalue weighted by molar-refractivity contribution is -0.137. The summed E-state index contributed by atoms with van der Waals surface area (Å²) in [6.07, 6.45) is 2.42. The van der Waals surface area contributed by atoms with Crippen LogP contribution in [0.4, 0.5) is 0 Å². The van der Waals surface area contributed by atoms with E-state index >= 15 is 0 Å². The summed E-state index contributed by atoms with van der Waals surface area (Å²) in [4.78, 5) is 37.0. The van der Waals surface area contributed by atoms with Gasteiger partial charge in [0.25, 0.3) is 0 Å². The summed E-state index contributed by atoms with van der Waals surface area (Å²) in [5, 5.41) is 19.1. The molecule has 8 bridgehead atoms. The van der Waals surface area contributed by atoms with Gasteiger partial charge in [-0.05, 0) is 122 Å². The number of allylic oxidation sites excluding steroid dienone is 4. The highest BCUT2D eigenvalue weighted by atomic mass is 16.4. The summed E-state index contributed by atoms with van der Waals surface area (Å²) < 4.78 is 2.09. The fraction of sp³-hybridized carbons (Fsp3) is 0.371. The first-order chi connectivity index (χ1) is 20.4. The Labute approximate surface area is 251 Å². The van der Waals surface area contributed by atoms with Crippen LogP contribution >= 0.6 is 0 Å². The molecule has 3 aromatic rings. The van der Waals surface area contributed by atoms with Gasteiger partial charge < -0.3 is 19.8 Å². The normalized spacial score (nSPS) is 13.3. The summed E-state index contributed by atoms with van der Waals surface area (Å²) in [6, 6.07) is 8.32. The number of hydrogen-bond acceptors (Lipinski definition) is 4. The fourth-order valence-corrected chi connectivity index (χ4v) is 6.57. The van der Waals surface area contributed by atoms with Crippen molar-refractivity contribution >= 4 is 56.3 Å². The molecule has 224 valence electrons. The molecule has 0 aromatic carbocycles. The number of nitrogens with one attached hydrogen (secondary N) is 1. The first kappa shape index (κ1) is 30.0. The van der Waals surface area contributed by atoms with Crippen LogP contribution in [0.2, 0.25) is 0 Å². The number of aliphatic carboxylic acids is 2. The van der Waals surface area contributed by atoms with Crippen molar-refractivity contribution in [2.24, 2.45) is 7.05 Å². The van der Waals surface area contributed by atoms with Gasteiger partial charge in [-0.2, -0.15) is 0 Å². The molecule has 0 amide bonds. The quantitative estimate of drug-likeness (QED) is 0.252. The largest absolute Gasteiger partial charge is 0.481 e. The van der Waals surface area contributed by atoms with Crippen LogP contribution < -0.4 is 0 Å². The third-order valence-corrected chi connectivity index (χ3v) is 9.09. The Morgan fingerprint density at radius 1 is 0.698 bits per heavy atom. The van der Waals surface area contributed by atoms with E-state index in [2.05, 4.69) is 55.4 Å². The lowest BCUT2D eigenvalue weighted by Crippen LogP contribution is -1.98. The Kier molecular flexibility index (Phi) is 8.14. The number of H-pyrrole nitrogens is 1. The van der Waals surface area contributed by atoms with Crippen molar-refractivity contribution < 1.29 is 19.8 Å². The monoisotopic (exact) mass is 580 g/mol. The fourth-order valence-electron chi connectivity index (χ4n) is 6.57. The number of carbonyl (C=O) groups is 2. The molecule has 0 aliphatic carbocycles. The Morgan fingerprint density at radius 3 is 1.88 bits per heavy atom. The van der Waals surface area contributed by atoms with Gasteiger partial charge in [0.2, 0.25) is 0 Å². The minimum absolute atomic E-state index is 0.00429. The molecule has 43 heavy (non-hydrogen) atoms. The second-order valence-electron chi connectivity index (χ2n) is 11.5. The van der Waals surface area contributed by atoms with Gasteiger partial charge in [0.1, 0.15) is 0 Å². The number of carboxylic acids is 2. The Bertz CT molecular complexity index is 1900. The number of hydrogen-bond donors (Lipinski definition) is 3. The third kappa shape index (κ3) is 5.42. The van der Waals surface area contributed by atoms with Gasteiger partial charge >= 0.3 is 11.9 Å². The number of rotatable bonds is 8. The van der Waals surface area contributed by atoms with E-state index in [1.54, 1.807) is 0 Å². The maximum atomic E-state index is 11.6. The average molecular weight is 581 g/mol. The predicted molar refractivity (Wildman–Crippen MR) is 173 cm³/mol. The summed E-state index contributed by atoms with van der Waals surface area (Å²) in [5.41, 5.74) is 15.7. The van der Waals surface area contributed by atoms with E-state index in [1.165, 1.54) is 16.7 Å². The van der Waals surface area contributed by atoms with Gasteiger partial charge in [-0.3, -0.25) is 9.59 Å². The van der Waals surface area contributed by atoms with Gasteiger partial charge in [0.15, 0.2) is 0 Å². The minimum Gasteiger partial charge on any atom is -0.481 e. The molecule has 2 aliphatic heterocycles. The SMILES string of the molecule is CCC1=C(C)c2cc3c(C)c(CCC(=O)O)c(cc4nc(cc5[nH]c(cc1n2)c(C)c5CC)C(C)=C4CCC(=O)O)n3C. The van der Waals surface area contributed by atoms with Crippen molar-refractivity contribution in [1.82, 2.24) is 19.5 Å². The first-order valence-corrected chi connectivity index (χ1v) is 15.0. The van der Waals surface area contributed by atoms with Crippen LogP contribution in [0.1, 0.15) is 98.4 Å². The molecule has 8 heteroatoms. The van der Waals surface area contributed by atoms with E-state index in [4.69, 9.17) is 9.97 Å². The number of nitrogens with zero attached hydrogens (tertiary/aromatic N) is 3. The highest BCUT2D eigenvalue weighted by molar-refractivity contribution is 5.95. The number of carboxylic acid groups (broad SMARTS) is 2. The lowest BCUT2D eigenvalue weighted by atomic mass is 10.00. The van der Waals surface area contributed by atoms with Crippen molar-refractivity contribution in [3.05, 3.63) is 69.3 Å². The summed E-state index contributed by atoms with van der Waals surface area (Å²) in [6.45, 7) is 12.6. The molecule has 3 N–H and O–H groups in total. The van der Waals surface area contributed by atoms with E-state index in [0.717, 1.165) is 79.8 Å². The van der Waals surface area contributed by atoms with Crippen LogP contribution in [0.3, 0.4) is 0 Å². The van der Waals surface area contributed by atoms with Gasteiger partial charge in [0, 0.05) is 42.0 Å². The van der Waals surface area contributed by atoms with Crippen LogP contribution in [0.25, 0.3) is 44.4 Å². The van der Waals surface area contributed by atoms with Gasteiger partial charge in [-0.15, -0.1) is 0 Å². The molecule has 0 radical (unpaired) electrons. The first-order valence-electron chi connectivity index (χ1n) is 15.0. The molecule has 0 fully saturated rings. The smallest absolute Gasteiger partial charge is 0.303 e. The van der Waals surface area contributed by atoms with E-state index in [-0.39, 0.29) is 12.8 Å². The molecule has 0 atom stereocenters. The summed E-state index contributed by atoms with van der Waals surface area (Å²) in [7, 11) is 1.99. The standard InChI is InChI=1S/C35H40N4O4/c1-8-22-18(3)26-14-30-23(9-2)19(4)28(38-30)16-32-21(6)25(11-13-35(42)43)33(39(32)7)17-31-24(10-12-34(40)41)20(5)27(37-31)15-29(22)36-26/h14-17,36H,8-13H2,1-7H3,(H,40,41)(H,42,43). The van der Waals surface area contributed by atoms with Crippen molar-refractivity contribution in [3.8, 4) is 0 Å². The van der Waals surface area contributed by atoms with E-state index in [1.807, 2.05) is 27.0 Å². The van der Waals surface area contributed by atoms with E-state index in [9.17, 15) is 19.8 Å². The number of aryl methyl sites for hydroxylation is 5. The minimum atomic E-state index is -0.860. The molecule has 0 saturated heterocycles. The third-order valence-electron chi connectivity index (χ3n) is 9.09. The zero-order valence-corrected chi connectivity index (χ0v) is 26.1. The second kappa shape index (κ2) is 11.7. The second-order valence-corrected chi connectivity index (χ2v) is 11.5. The molecule has 8 nitrogen and oxygen atoms in total. The summed E-state index contributed by atoms with van der Waals surface area (Å²) in [5.74, 6) is -1.71. The zero-order chi connectivity index (χ0) is 31.2. The number of aromatic amines is 1. The van der Waals surface area contributed by atoms with Gasteiger partial charge in [-0.25, -0.2) is 9.97 Å². The molecular formula is C35H40N4O4. The van der Waals surface area contributed by atoms with E-state index in [0.29, 0.717) is 18.5 Å². The number of aromatic nitrogens is 4. The highest BCUT2D eigenvalue weighted by Gasteiger charge is 2.22. The van der Waals surface area contributed by atoms with Gasteiger partial charge in [0.05, 0.1) is 22.8 Å². The van der Waals surface area contributed by atoms with Crippen LogP contribution in [0.15, 0.2) is 24.3 Å². The highest BCUT2D eigenvalue weighted by Crippen LogP contribution is 2.37. The van der Waals surface area contributed by atoms with Crippen LogP contribution in [0.5, 0.6) is 0 Å². The Balaban J connectivity index is 1.97. The van der Waals surface area contributed by atoms with Crippen molar-refractivity contribution in [2.75, 3.05) is 0 Å². The van der Waals surface area contributed by atoms with Crippen molar-refractivity contribution in [3.63, 3.8) is 0 Å². The zero-order valence-electron chi connectivity index (χ0n) is 26.1. The Morgan fingerprint density at radius 2 is 1.26 bits per heavy atom. The van der Waals surface area contributed by atoms with Crippen LogP contribution in [-0.2, 0) is 29.5 Å². The molecule has 5 rings (SSSR count). The topological polar surface area (TPSA) is 121 Å².